The van der Waals surface area contributed by atoms with Gasteiger partial charge in [-0.15, -0.1) is 0 Å². The van der Waals surface area contributed by atoms with Crippen molar-refractivity contribution < 1.29 is 9.53 Å². The van der Waals surface area contributed by atoms with E-state index >= 15 is 0 Å². The summed E-state index contributed by atoms with van der Waals surface area (Å²) >= 11 is 0. The third-order valence-electron chi connectivity index (χ3n) is 3.84. The Labute approximate surface area is 121 Å². The summed E-state index contributed by atoms with van der Waals surface area (Å²) in [5.41, 5.74) is 1.43. The Morgan fingerprint density at radius 1 is 1.25 bits per heavy atom. The molecule has 0 spiro atoms. The lowest BCUT2D eigenvalue weighted by Gasteiger charge is -2.35. The first kappa shape index (κ1) is 14.9. The van der Waals surface area contributed by atoms with Crippen LogP contribution in [0.15, 0.2) is 18.2 Å². The number of benzene rings is 1. The maximum absolute atomic E-state index is 12.6. The molecule has 0 atom stereocenters. The van der Waals surface area contributed by atoms with Crippen LogP contribution in [-0.2, 0) is 4.79 Å². The van der Waals surface area contributed by atoms with E-state index in [1.807, 2.05) is 50.8 Å². The fourth-order valence-electron chi connectivity index (χ4n) is 2.40. The predicted octanol–water partition coefficient (Wildman–Crippen LogP) is 1.89. The van der Waals surface area contributed by atoms with E-state index in [2.05, 4.69) is 5.32 Å². The van der Waals surface area contributed by atoms with E-state index in [9.17, 15) is 4.79 Å². The molecule has 4 heteroatoms. The fourth-order valence-corrected chi connectivity index (χ4v) is 2.40. The summed E-state index contributed by atoms with van der Waals surface area (Å²) in [5, 5.41) is 3.25. The van der Waals surface area contributed by atoms with Crippen LogP contribution in [0.5, 0.6) is 5.75 Å². The molecule has 1 aromatic rings. The molecule has 0 unspecified atom stereocenters. The lowest BCUT2D eigenvalue weighted by atomic mass is 10.1. The van der Waals surface area contributed by atoms with Crippen LogP contribution in [0.1, 0.15) is 25.0 Å². The van der Waals surface area contributed by atoms with Crippen LogP contribution in [0.2, 0.25) is 0 Å². The van der Waals surface area contributed by atoms with E-state index in [1.54, 1.807) is 0 Å². The monoisotopic (exact) mass is 276 g/mol. The van der Waals surface area contributed by atoms with Gasteiger partial charge in [0.15, 0.2) is 5.60 Å². The second-order valence-corrected chi connectivity index (χ2v) is 5.85. The van der Waals surface area contributed by atoms with Crippen molar-refractivity contribution in [2.24, 2.45) is 0 Å². The number of hydrogen-bond acceptors (Lipinski definition) is 3. The van der Waals surface area contributed by atoms with Gasteiger partial charge < -0.3 is 15.0 Å². The highest BCUT2D eigenvalue weighted by molar-refractivity contribution is 5.85. The highest BCUT2D eigenvalue weighted by Gasteiger charge is 2.35. The van der Waals surface area contributed by atoms with Crippen molar-refractivity contribution in [3.05, 3.63) is 29.3 Å². The summed E-state index contributed by atoms with van der Waals surface area (Å²) in [4.78, 5) is 14.5. The molecule has 0 radical (unpaired) electrons. The van der Waals surface area contributed by atoms with E-state index < -0.39 is 5.60 Å². The van der Waals surface area contributed by atoms with E-state index in [-0.39, 0.29) is 5.91 Å². The van der Waals surface area contributed by atoms with Gasteiger partial charge in [-0.2, -0.15) is 0 Å². The van der Waals surface area contributed by atoms with Crippen LogP contribution in [-0.4, -0.2) is 42.6 Å². The van der Waals surface area contributed by atoms with Crippen LogP contribution in [0.3, 0.4) is 0 Å². The number of nitrogens with one attached hydrogen (secondary N) is 1. The lowest BCUT2D eigenvalue weighted by Crippen LogP contribution is -2.54. The quantitative estimate of drug-likeness (QED) is 0.916. The van der Waals surface area contributed by atoms with Gasteiger partial charge >= 0.3 is 0 Å². The number of piperazine rings is 1. The van der Waals surface area contributed by atoms with E-state index in [1.165, 1.54) is 5.56 Å². The Morgan fingerprint density at radius 2 is 1.90 bits per heavy atom. The topological polar surface area (TPSA) is 41.6 Å². The van der Waals surface area contributed by atoms with E-state index in [0.717, 1.165) is 37.5 Å². The zero-order valence-electron chi connectivity index (χ0n) is 12.8. The minimum Gasteiger partial charge on any atom is -0.478 e. The zero-order chi connectivity index (χ0) is 14.8. The maximum atomic E-state index is 12.6. The molecule has 1 aromatic carbocycles. The molecule has 1 N–H and O–H groups in total. The van der Waals surface area contributed by atoms with E-state index in [0.29, 0.717) is 0 Å². The summed E-state index contributed by atoms with van der Waals surface area (Å²) in [6, 6.07) is 5.94. The number of nitrogens with zero attached hydrogens (tertiary/aromatic N) is 1. The summed E-state index contributed by atoms with van der Waals surface area (Å²) < 4.78 is 6.02. The first-order valence-corrected chi connectivity index (χ1v) is 7.17. The molecule has 20 heavy (non-hydrogen) atoms. The van der Waals surface area contributed by atoms with Gasteiger partial charge in [-0.1, -0.05) is 12.1 Å². The average molecular weight is 276 g/mol. The number of ether oxygens (including phenoxy) is 1. The Balaban J connectivity index is 2.13. The van der Waals surface area contributed by atoms with Gasteiger partial charge in [-0.3, -0.25) is 4.79 Å². The third-order valence-corrected chi connectivity index (χ3v) is 3.84. The highest BCUT2D eigenvalue weighted by Crippen LogP contribution is 2.26. The minimum absolute atomic E-state index is 0.0555. The third kappa shape index (κ3) is 3.12. The van der Waals surface area contributed by atoms with Crippen molar-refractivity contribution in [1.29, 1.82) is 0 Å². The summed E-state index contributed by atoms with van der Waals surface area (Å²) in [5.74, 6) is 0.846. The van der Waals surface area contributed by atoms with Gasteiger partial charge in [0.25, 0.3) is 5.91 Å². The number of hydrogen-bond donors (Lipinski definition) is 1. The van der Waals surface area contributed by atoms with Crippen molar-refractivity contribution in [2.75, 3.05) is 26.2 Å². The molecule has 0 aliphatic carbocycles. The molecular formula is C16H24N2O2. The van der Waals surface area contributed by atoms with Crippen molar-refractivity contribution in [3.63, 3.8) is 0 Å². The largest absolute Gasteiger partial charge is 0.478 e. The van der Waals surface area contributed by atoms with Crippen LogP contribution in [0.4, 0.5) is 0 Å². The molecule has 1 saturated heterocycles. The Morgan fingerprint density at radius 3 is 2.55 bits per heavy atom. The van der Waals surface area contributed by atoms with Crippen molar-refractivity contribution in [1.82, 2.24) is 10.2 Å². The normalized spacial score (nSPS) is 16.1. The molecule has 2 rings (SSSR count). The van der Waals surface area contributed by atoms with Gasteiger partial charge in [-0.05, 0) is 44.9 Å². The first-order chi connectivity index (χ1) is 9.42. The molecular weight excluding hydrogens is 252 g/mol. The molecule has 0 saturated carbocycles. The Bertz CT molecular complexity index is 491. The average Bonchev–Trinajstić information content (AvgIpc) is 2.44. The molecule has 1 amide bonds. The molecule has 4 nitrogen and oxygen atoms in total. The fraction of sp³-hybridized carbons (Fsp3) is 0.562. The number of carbonyl (C=O) groups excluding carboxylic acids is 1. The molecule has 1 aliphatic rings. The zero-order valence-corrected chi connectivity index (χ0v) is 12.8. The van der Waals surface area contributed by atoms with Gasteiger partial charge in [0.2, 0.25) is 0 Å². The van der Waals surface area contributed by atoms with Crippen molar-refractivity contribution >= 4 is 5.91 Å². The van der Waals surface area contributed by atoms with Crippen LogP contribution >= 0.6 is 0 Å². The number of rotatable bonds is 3. The van der Waals surface area contributed by atoms with Crippen LogP contribution < -0.4 is 10.1 Å². The molecule has 0 bridgehead atoms. The van der Waals surface area contributed by atoms with Gasteiger partial charge in [0.05, 0.1) is 0 Å². The standard InChI is InChI=1S/C16H24N2O2/c1-12-6-5-7-14(13(12)2)20-16(3,4)15(19)18-10-8-17-9-11-18/h5-7,17H,8-11H2,1-4H3. The van der Waals surface area contributed by atoms with Gasteiger partial charge in [0, 0.05) is 26.2 Å². The molecule has 1 heterocycles. The molecule has 1 aliphatic heterocycles. The predicted molar refractivity (Wildman–Crippen MR) is 80.1 cm³/mol. The Hall–Kier alpha value is -1.55. The SMILES string of the molecule is Cc1cccc(OC(C)(C)C(=O)N2CCNCC2)c1C. The molecule has 1 fully saturated rings. The highest BCUT2D eigenvalue weighted by atomic mass is 16.5. The molecule has 0 aromatic heterocycles. The van der Waals surface area contributed by atoms with Crippen LogP contribution in [0, 0.1) is 13.8 Å². The summed E-state index contributed by atoms with van der Waals surface area (Å²) in [7, 11) is 0. The Kier molecular flexibility index (Phi) is 4.33. The smallest absolute Gasteiger partial charge is 0.266 e. The maximum Gasteiger partial charge on any atom is 0.266 e. The second kappa shape index (κ2) is 5.83. The second-order valence-electron chi connectivity index (χ2n) is 5.85. The summed E-state index contributed by atoms with van der Waals surface area (Å²) in [6.07, 6.45) is 0. The molecule has 110 valence electrons. The van der Waals surface area contributed by atoms with Crippen molar-refractivity contribution in [2.45, 2.75) is 33.3 Å². The van der Waals surface area contributed by atoms with E-state index in [4.69, 9.17) is 4.74 Å². The van der Waals surface area contributed by atoms with Gasteiger partial charge in [0.1, 0.15) is 5.75 Å². The first-order valence-electron chi connectivity index (χ1n) is 7.17. The number of carbonyl (C=O) groups is 1. The van der Waals surface area contributed by atoms with Crippen LogP contribution in [0.25, 0.3) is 0 Å². The number of aryl methyl sites for hydroxylation is 1. The number of amides is 1. The van der Waals surface area contributed by atoms with Crippen molar-refractivity contribution in [3.8, 4) is 5.75 Å². The van der Waals surface area contributed by atoms with Gasteiger partial charge in [-0.25, -0.2) is 0 Å². The lowest BCUT2D eigenvalue weighted by molar-refractivity contribution is -0.146. The summed E-state index contributed by atoms with van der Waals surface area (Å²) in [6.45, 7) is 11.0. The minimum atomic E-state index is -0.837.